The van der Waals surface area contributed by atoms with Crippen LogP contribution in [0.3, 0.4) is 0 Å². The molecular formula is C16H17NO5. The number of nitrogens with zero attached hydrogens (tertiary/aromatic N) is 1. The van der Waals surface area contributed by atoms with Gasteiger partial charge in [0, 0.05) is 5.57 Å². The quantitative estimate of drug-likeness (QED) is 0.334. The van der Waals surface area contributed by atoms with E-state index in [9.17, 15) is 14.4 Å². The van der Waals surface area contributed by atoms with E-state index in [1.54, 1.807) is 31.2 Å². The zero-order valence-corrected chi connectivity index (χ0v) is 12.3. The highest BCUT2D eigenvalue weighted by Crippen LogP contribution is 2.22. The van der Waals surface area contributed by atoms with Crippen LogP contribution in [0.2, 0.25) is 0 Å². The molecule has 2 amide bonds. The van der Waals surface area contributed by atoms with Crippen LogP contribution in [-0.2, 0) is 14.4 Å². The summed E-state index contributed by atoms with van der Waals surface area (Å²) in [7, 11) is 0. The zero-order chi connectivity index (χ0) is 16.1. The molecule has 0 saturated heterocycles. The van der Waals surface area contributed by atoms with Gasteiger partial charge < -0.3 is 4.74 Å². The monoisotopic (exact) mass is 303 g/mol. The Bertz CT molecular complexity index is 588. The first kappa shape index (κ1) is 15.9. The average molecular weight is 303 g/mol. The number of rotatable bonds is 7. The summed E-state index contributed by atoms with van der Waals surface area (Å²) in [5.41, 5.74) is 1.05. The number of amides is 2. The van der Waals surface area contributed by atoms with Crippen LogP contribution in [0.5, 0.6) is 0 Å². The minimum atomic E-state index is -0.450. The van der Waals surface area contributed by atoms with Crippen LogP contribution < -0.4 is 0 Å². The molecule has 1 aromatic carbocycles. The summed E-state index contributed by atoms with van der Waals surface area (Å²) in [6.07, 6.45) is 1.12. The number of hydrogen-bond acceptors (Lipinski definition) is 5. The molecule has 1 aliphatic heterocycles. The lowest BCUT2D eigenvalue weighted by atomic mass is 10.1. The number of hydroxylamine groups is 2. The highest BCUT2D eigenvalue weighted by Gasteiger charge is 2.36. The van der Waals surface area contributed by atoms with Gasteiger partial charge in [-0.3, -0.25) is 14.4 Å². The maximum Gasteiger partial charge on any atom is 0.333 e. The predicted octanol–water partition coefficient (Wildman–Crippen LogP) is 2.11. The molecule has 0 radical (unpaired) electrons. The molecule has 0 unspecified atom stereocenters. The Morgan fingerprint density at radius 3 is 2.18 bits per heavy atom. The SMILES string of the molecule is C=C(C)C(=O)OCCCCON1C(=O)c2ccccc2C1=O. The maximum absolute atomic E-state index is 12.0. The fraction of sp³-hybridized carbons (Fsp3) is 0.312. The van der Waals surface area contributed by atoms with Crippen LogP contribution in [0.15, 0.2) is 36.4 Å². The second-order valence-electron chi connectivity index (χ2n) is 4.91. The van der Waals surface area contributed by atoms with Crippen molar-refractivity contribution in [2.24, 2.45) is 0 Å². The molecule has 1 aliphatic rings. The first-order valence-corrected chi connectivity index (χ1v) is 6.95. The number of esters is 1. The molecule has 116 valence electrons. The molecule has 0 aromatic heterocycles. The van der Waals surface area contributed by atoms with Gasteiger partial charge in [-0.15, -0.1) is 5.06 Å². The lowest BCUT2D eigenvalue weighted by molar-refractivity contribution is -0.139. The van der Waals surface area contributed by atoms with Crippen molar-refractivity contribution in [3.8, 4) is 0 Å². The Hall–Kier alpha value is -2.47. The summed E-state index contributed by atoms with van der Waals surface area (Å²) in [5, 5.41) is 0.782. The minimum absolute atomic E-state index is 0.191. The van der Waals surface area contributed by atoms with Crippen LogP contribution in [0.4, 0.5) is 0 Å². The van der Waals surface area contributed by atoms with Gasteiger partial charge >= 0.3 is 5.97 Å². The first-order valence-electron chi connectivity index (χ1n) is 6.95. The van der Waals surface area contributed by atoms with Crippen molar-refractivity contribution in [3.05, 3.63) is 47.5 Å². The van der Waals surface area contributed by atoms with E-state index in [0.717, 1.165) is 5.06 Å². The lowest BCUT2D eigenvalue weighted by Gasteiger charge is -2.13. The van der Waals surface area contributed by atoms with Gasteiger partial charge in [0.05, 0.1) is 24.3 Å². The Morgan fingerprint density at radius 1 is 1.09 bits per heavy atom. The molecule has 22 heavy (non-hydrogen) atoms. The van der Waals surface area contributed by atoms with Gasteiger partial charge in [-0.25, -0.2) is 4.79 Å². The Morgan fingerprint density at radius 2 is 1.64 bits per heavy atom. The molecule has 2 rings (SSSR count). The third kappa shape index (κ3) is 3.40. The van der Waals surface area contributed by atoms with Crippen molar-refractivity contribution < 1.29 is 24.0 Å². The molecule has 6 nitrogen and oxygen atoms in total. The van der Waals surface area contributed by atoms with E-state index >= 15 is 0 Å². The molecule has 1 heterocycles. The second kappa shape index (κ2) is 7.00. The molecule has 0 N–H and O–H groups in total. The third-order valence-electron chi connectivity index (χ3n) is 3.10. The summed E-state index contributed by atoms with van der Waals surface area (Å²) < 4.78 is 4.93. The Kier molecular flexibility index (Phi) is 5.06. The number of hydrogen-bond donors (Lipinski definition) is 0. The average Bonchev–Trinajstić information content (AvgIpc) is 2.75. The van der Waals surface area contributed by atoms with Crippen LogP contribution in [0.25, 0.3) is 0 Å². The van der Waals surface area contributed by atoms with Crippen molar-refractivity contribution in [1.29, 1.82) is 0 Å². The Balaban J connectivity index is 1.73. The van der Waals surface area contributed by atoms with Crippen molar-refractivity contribution >= 4 is 17.8 Å². The van der Waals surface area contributed by atoms with E-state index < -0.39 is 17.8 Å². The fourth-order valence-electron chi connectivity index (χ4n) is 1.93. The number of imide groups is 1. The molecule has 1 aromatic rings. The third-order valence-corrected chi connectivity index (χ3v) is 3.10. The van der Waals surface area contributed by atoms with E-state index in [4.69, 9.17) is 9.57 Å². The normalized spacial score (nSPS) is 13.2. The zero-order valence-electron chi connectivity index (χ0n) is 12.3. The fourth-order valence-corrected chi connectivity index (χ4v) is 1.93. The molecule has 0 fully saturated rings. The Labute approximate surface area is 128 Å². The highest BCUT2D eigenvalue weighted by atomic mass is 16.7. The number of fused-ring (bicyclic) bond motifs is 1. The van der Waals surface area contributed by atoms with Gasteiger partial charge in [0.25, 0.3) is 11.8 Å². The van der Waals surface area contributed by atoms with Gasteiger partial charge in [-0.1, -0.05) is 18.7 Å². The minimum Gasteiger partial charge on any atom is -0.462 e. The van der Waals surface area contributed by atoms with E-state index in [-0.39, 0.29) is 13.2 Å². The molecular weight excluding hydrogens is 286 g/mol. The van der Waals surface area contributed by atoms with Crippen molar-refractivity contribution in [2.75, 3.05) is 13.2 Å². The lowest BCUT2D eigenvalue weighted by Crippen LogP contribution is -2.30. The molecule has 0 bridgehead atoms. The smallest absolute Gasteiger partial charge is 0.333 e. The topological polar surface area (TPSA) is 72.9 Å². The van der Waals surface area contributed by atoms with Crippen LogP contribution in [0.1, 0.15) is 40.5 Å². The van der Waals surface area contributed by atoms with E-state index in [0.29, 0.717) is 29.5 Å². The summed E-state index contributed by atoms with van der Waals surface area (Å²) in [6, 6.07) is 6.58. The van der Waals surface area contributed by atoms with Gasteiger partial charge in [0.15, 0.2) is 0 Å². The van der Waals surface area contributed by atoms with Gasteiger partial charge in [-0.05, 0) is 31.9 Å². The molecule has 0 atom stereocenters. The van der Waals surface area contributed by atoms with Crippen molar-refractivity contribution in [2.45, 2.75) is 19.8 Å². The summed E-state index contributed by atoms with van der Waals surface area (Å²) in [6.45, 7) is 5.49. The van der Waals surface area contributed by atoms with Gasteiger partial charge in [-0.2, -0.15) is 0 Å². The standard InChI is InChI=1S/C16H17NO5/c1-11(2)16(20)21-9-5-6-10-22-17-14(18)12-7-3-4-8-13(12)15(17)19/h3-4,7-8H,1,5-6,9-10H2,2H3. The summed E-state index contributed by atoms with van der Waals surface area (Å²) in [5.74, 6) is -1.33. The van der Waals surface area contributed by atoms with Crippen molar-refractivity contribution in [3.63, 3.8) is 0 Å². The van der Waals surface area contributed by atoms with Gasteiger partial charge in [0.2, 0.25) is 0 Å². The van der Waals surface area contributed by atoms with E-state index in [2.05, 4.69) is 6.58 Å². The van der Waals surface area contributed by atoms with Crippen LogP contribution >= 0.6 is 0 Å². The van der Waals surface area contributed by atoms with Crippen molar-refractivity contribution in [1.82, 2.24) is 5.06 Å². The number of ether oxygens (including phenoxy) is 1. The maximum atomic E-state index is 12.0. The largest absolute Gasteiger partial charge is 0.462 e. The van der Waals surface area contributed by atoms with Crippen LogP contribution in [0, 0.1) is 0 Å². The highest BCUT2D eigenvalue weighted by molar-refractivity contribution is 6.20. The summed E-state index contributed by atoms with van der Waals surface area (Å²) in [4.78, 5) is 40.4. The first-order chi connectivity index (χ1) is 10.5. The molecule has 0 saturated carbocycles. The number of unbranched alkanes of at least 4 members (excludes halogenated alkanes) is 1. The molecule has 0 spiro atoms. The number of benzene rings is 1. The van der Waals surface area contributed by atoms with E-state index in [1.807, 2.05) is 0 Å². The predicted molar refractivity (Wildman–Crippen MR) is 77.9 cm³/mol. The molecule has 0 aliphatic carbocycles. The van der Waals surface area contributed by atoms with Crippen LogP contribution in [-0.4, -0.2) is 36.1 Å². The van der Waals surface area contributed by atoms with Gasteiger partial charge in [0.1, 0.15) is 0 Å². The molecule has 6 heteroatoms. The second-order valence-corrected chi connectivity index (χ2v) is 4.91. The summed E-state index contributed by atoms with van der Waals surface area (Å²) >= 11 is 0. The number of carbonyl (C=O) groups is 3. The van der Waals surface area contributed by atoms with E-state index in [1.165, 1.54) is 0 Å². The number of carbonyl (C=O) groups excluding carboxylic acids is 3.